The molecule has 1 aromatic rings. The highest BCUT2D eigenvalue weighted by atomic mass is 15.2. The Bertz CT molecular complexity index is 333. The summed E-state index contributed by atoms with van der Waals surface area (Å²) in [5, 5.41) is 3.43. The van der Waals surface area contributed by atoms with Crippen LogP contribution in [0.15, 0.2) is 18.3 Å². The van der Waals surface area contributed by atoms with Crippen LogP contribution in [0.25, 0.3) is 0 Å². The maximum Gasteiger partial charge on any atom is 0.141 e. The molecule has 1 aromatic heterocycles. The summed E-state index contributed by atoms with van der Waals surface area (Å²) in [6.45, 7) is 3.35. The van der Waals surface area contributed by atoms with E-state index in [-0.39, 0.29) is 0 Å². The van der Waals surface area contributed by atoms with Gasteiger partial charge < -0.3 is 10.7 Å². The molecule has 15 heavy (non-hydrogen) atoms. The Kier molecular flexibility index (Phi) is 2.77. The van der Waals surface area contributed by atoms with Gasteiger partial charge in [0, 0.05) is 24.5 Å². The van der Waals surface area contributed by atoms with Gasteiger partial charge in [-0.1, -0.05) is 13.3 Å². The van der Waals surface area contributed by atoms with Crippen LogP contribution >= 0.6 is 0 Å². The molecule has 2 rings (SSSR count). The van der Waals surface area contributed by atoms with Crippen LogP contribution in [0.5, 0.6) is 0 Å². The molecule has 1 heterocycles. The lowest BCUT2D eigenvalue weighted by molar-refractivity contribution is 0.180. The summed E-state index contributed by atoms with van der Waals surface area (Å²) in [5.74, 6) is 5.99. The van der Waals surface area contributed by atoms with Crippen LogP contribution in [-0.4, -0.2) is 11.5 Å². The minimum atomic E-state index is 0.486. The van der Waals surface area contributed by atoms with Crippen molar-refractivity contribution in [1.29, 1.82) is 0 Å². The molecule has 0 unspecified atom stereocenters. The third kappa shape index (κ3) is 2.39. The number of nitrogens with two attached hydrogens (primary N) is 1. The molecule has 0 aromatic carbocycles. The standard InChI is InChI=1S/C11H18N4/c1-11(4-2-5-11)8-14-9-3-6-13-10(7-9)15-12/h3,6-7H,2,4-5,8,12H2,1H3,(H2,13,14,15). The molecule has 4 nitrogen and oxygen atoms in total. The van der Waals surface area contributed by atoms with E-state index in [4.69, 9.17) is 5.84 Å². The van der Waals surface area contributed by atoms with Gasteiger partial charge in [-0.2, -0.15) is 0 Å². The van der Waals surface area contributed by atoms with E-state index in [1.807, 2.05) is 12.1 Å². The first kappa shape index (κ1) is 10.2. The van der Waals surface area contributed by atoms with Crippen molar-refractivity contribution in [3.8, 4) is 0 Å². The topological polar surface area (TPSA) is 63.0 Å². The second-order valence-electron chi connectivity index (χ2n) is 4.59. The number of hydrazine groups is 1. The second kappa shape index (κ2) is 4.06. The molecule has 1 aliphatic carbocycles. The van der Waals surface area contributed by atoms with Crippen molar-refractivity contribution in [2.75, 3.05) is 17.3 Å². The van der Waals surface area contributed by atoms with Crippen LogP contribution < -0.4 is 16.6 Å². The highest BCUT2D eigenvalue weighted by Crippen LogP contribution is 2.40. The fraction of sp³-hybridized carbons (Fsp3) is 0.545. The number of nitrogen functional groups attached to an aromatic ring is 1. The predicted octanol–water partition coefficient (Wildman–Crippen LogP) is 1.97. The number of nitrogens with zero attached hydrogens (tertiary/aromatic N) is 1. The summed E-state index contributed by atoms with van der Waals surface area (Å²) in [6.07, 6.45) is 5.77. The monoisotopic (exact) mass is 206 g/mol. The van der Waals surface area contributed by atoms with Crippen molar-refractivity contribution in [2.24, 2.45) is 11.3 Å². The number of hydrogen-bond acceptors (Lipinski definition) is 4. The Balaban J connectivity index is 1.92. The summed E-state index contributed by atoms with van der Waals surface area (Å²) in [4.78, 5) is 4.06. The molecule has 1 aliphatic rings. The quantitative estimate of drug-likeness (QED) is 0.520. The molecular weight excluding hydrogens is 188 g/mol. The fourth-order valence-corrected chi connectivity index (χ4v) is 1.89. The largest absolute Gasteiger partial charge is 0.384 e. The van der Waals surface area contributed by atoms with E-state index < -0.39 is 0 Å². The van der Waals surface area contributed by atoms with E-state index in [0.29, 0.717) is 11.2 Å². The Morgan fingerprint density at radius 2 is 2.33 bits per heavy atom. The zero-order valence-electron chi connectivity index (χ0n) is 9.09. The predicted molar refractivity (Wildman–Crippen MR) is 62.5 cm³/mol. The van der Waals surface area contributed by atoms with E-state index >= 15 is 0 Å². The van der Waals surface area contributed by atoms with Crippen molar-refractivity contribution < 1.29 is 0 Å². The summed E-state index contributed by atoms with van der Waals surface area (Å²) >= 11 is 0. The summed E-state index contributed by atoms with van der Waals surface area (Å²) in [7, 11) is 0. The molecule has 0 saturated heterocycles. The number of rotatable bonds is 4. The SMILES string of the molecule is CC1(CNc2ccnc(NN)c2)CCC1. The molecule has 0 amide bonds. The maximum absolute atomic E-state index is 5.30. The Labute approximate surface area is 90.2 Å². The molecular formula is C11H18N4. The highest BCUT2D eigenvalue weighted by Gasteiger charge is 2.31. The number of hydrogen-bond donors (Lipinski definition) is 3. The summed E-state index contributed by atoms with van der Waals surface area (Å²) in [5.41, 5.74) is 4.10. The van der Waals surface area contributed by atoms with Gasteiger partial charge in [0.05, 0.1) is 0 Å². The van der Waals surface area contributed by atoms with E-state index in [1.165, 1.54) is 19.3 Å². The van der Waals surface area contributed by atoms with Gasteiger partial charge in [-0.25, -0.2) is 10.8 Å². The molecule has 82 valence electrons. The normalized spacial score (nSPS) is 18.0. The second-order valence-corrected chi connectivity index (χ2v) is 4.59. The average molecular weight is 206 g/mol. The summed E-state index contributed by atoms with van der Waals surface area (Å²) < 4.78 is 0. The zero-order valence-corrected chi connectivity index (χ0v) is 9.09. The van der Waals surface area contributed by atoms with Crippen LogP contribution in [0.4, 0.5) is 11.5 Å². The molecule has 1 fully saturated rings. The maximum atomic E-state index is 5.30. The van der Waals surface area contributed by atoms with Crippen molar-refractivity contribution >= 4 is 11.5 Å². The minimum Gasteiger partial charge on any atom is -0.384 e. The lowest BCUT2D eigenvalue weighted by Crippen LogP contribution is -2.33. The lowest BCUT2D eigenvalue weighted by Gasteiger charge is -2.38. The van der Waals surface area contributed by atoms with Gasteiger partial charge in [0.2, 0.25) is 0 Å². The first-order valence-electron chi connectivity index (χ1n) is 5.38. The molecule has 1 saturated carbocycles. The Morgan fingerprint density at radius 1 is 1.53 bits per heavy atom. The molecule has 4 N–H and O–H groups in total. The number of nitrogens with one attached hydrogen (secondary N) is 2. The molecule has 0 radical (unpaired) electrons. The molecule has 0 aliphatic heterocycles. The van der Waals surface area contributed by atoms with Crippen LogP contribution in [0, 0.1) is 5.41 Å². The summed E-state index contributed by atoms with van der Waals surface area (Å²) in [6, 6.07) is 3.88. The molecule has 0 atom stereocenters. The molecule has 0 bridgehead atoms. The van der Waals surface area contributed by atoms with Crippen molar-refractivity contribution in [1.82, 2.24) is 4.98 Å². The van der Waals surface area contributed by atoms with Gasteiger partial charge in [0.15, 0.2) is 0 Å². The van der Waals surface area contributed by atoms with Gasteiger partial charge in [-0.3, -0.25) is 0 Å². The number of pyridine rings is 1. The van der Waals surface area contributed by atoms with Gasteiger partial charge in [0.1, 0.15) is 5.82 Å². The third-order valence-corrected chi connectivity index (χ3v) is 3.19. The zero-order chi connectivity index (χ0) is 10.7. The third-order valence-electron chi connectivity index (χ3n) is 3.19. The van der Waals surface area contributed by atoms with Crippen LogP contribution in [0.2, 0.25) is 0 Å². The van der Waals surface area contributed by atoms with Gasteiger partial charge in [-0.15, -0.1) is 0 Å². The molecule has 4 heteroatoms. The molecule has 0 spiro atoms. The van der Waals surface area contributed by atoms with Crippen molar-refractivity contribution in [3.63, 3.8) is 0 Å². The smallest absolute Gasteiger partial charge is 0.141 e. The van der Waals surface area contributed by atoms with E-state index in [9.17, 15) is 0 Å². The first-order valence-corrected chi connectivity index (χ1v) is 5.38. The number of aromatic nitrogens is 1. The van der Waals surface area contributed by atoms with Gasteiger partial charge in [-0.05, 0) is 24.3 Å². The minimum absolute atomic E-state index is 0.486. The van der Waals surface area contributed by atoms with E-state index in [1.54, 1.807) is 6.20 Å². The fourth-order valence-electron chi connectivity index (χ4n) is 1.89. The van der Waals surface area contributed by atoms with Crippen LogP contribution in [0.1, 0.15) is 26.2 Å². The van der Waals surface area contributed by atoms with Crippen molar-refractivity contribution in [3.05, 3.63) is 18.3 Å². The van der Waals surface area contributed by atoms with E-state index in [0.717, 1.165) is 12.2 Å². The van der Waals surface area contributed by atoms with Crippen molar-refractivity contribution in [2.45, 2.75) is 26.2 Å². The van der Waals surface area contributed by atoms with Crippen LogP contribution in [-0.2, 0) is 0 Å². The van der Waals surface area contributed by atoms with Crippen LogP contribution in [0.3, 0.4) is 0 Å². The number of anilines is 2. The van der Waals surface area contributed by atoms with Gasteiger partial charge >= 0.3 is 0 Å². The highest BCUT2D eigenvalue weighted by molar-refractivity contribution is 5.51. The Hall–Kier alpha value is -1.29. The lowest BCUT2D eigenvalue weighted by atomic mass is 9.70. The van der Waals surface area contributed by atoms with E-state index in [2.05, 4.69) is 22.7 Å². The average Bonchev–Trinajstić information content (AvgIpc) is 2.24. The first-order chi connectivity index (χ1) is 7.22. The van der Waals surface area contributed by atoms with Gasteiger partial charge in [0.25, 0.3) is 0 Å². The Morgan fingerprint density at radius 3 is 2.93 bits per heavy atom.